The number of rotatable bonds is 8. The van der Waals surface area contributed by atoms with Gasteiger partial charge in [0, 0.05) is 19.6 Å². The maximum Gasteiger partial charge on any atom is 0.304 e. The highest BCUT2D eigenvalue weighted by Gasteiger charge is 2.23. The van der Waals surface area contributed by atoms with Crippen molar-refractivity contribution in [2.45, 2.75) is 26.1 Å². The van der Waals surface area contributed by atoms with Crippen LogP contribution in [0.1, 0.15) is 29.2 Å². The molecule has 150 valence electrons. The number of benzene rings is 2. The van der Waals surface area contributed by atoms with Crippen molar-refractivity contribution in [1.29, 1.82) is 0 Å². The van der Waals surface area contributed by atoms with E-state index in [0.717, 1.165) is 34.7 Å². The first-order valence-corrected chi connectivity index (χ1v) is 9.47. The minimum atomic E-state index is -0.767. The highest BCUT2D eigenvalue weighted by atomic mass is 16.5. The van der Waals surface area contributed by atoms with Crippen LogP contribution >= 0.6 is 0 Å². The number of carboxylic acids is 1. The first kappa shape index (κ1) is 20.2. The van der Waals surface area contributed by atoms with E-state index in [4.69, 9.17) is 19.3 Å². The molecule has 0 radical (unpaired) electrons. The van der Waals surface area contributed by atoms with E-state index in [1.807, 2.05) is 49.4 Å². The zero-order valence-electron chi connectivity index (χ0n) is 16.4. The Balaban J connectivity index is 1.60. The SMILES string of the molecule is COc1cccc(COc2ccc(C3CN(CCC(=O)O)CCO3)c(C)c2)c1. The predicted octanol–water partition coefficient (Wildman–Crippen LogP) is 3.43. The van der Waals surface area contributed by atoms with E-state index >= 15 is 0 Å². The quantitative estimate of drug-likeness (QED) is 0.751. The number of aliphatic carboxylic acids is 1. The second-order valence-corrected chi connectivity index (χ2v) is 6.96. The average Bonchev–Trinajstić information content (AvgIpc) is 2.71. The summed E-state index contributed by atoms with van der Waals surface area (Å²) in [6.45, 7) is 5.16. The molecule has 1 N–H and O–H groups in total. The number of nitrogens with zero attached hydrogens (tertiary/aromatic N) is 1. The van der Waals surface area contributed by atoms with Gasteiger partial charge in [-0.3, -0.25) is 9.69 Å². The zero-order valence-corrected chi connectivity index (χ0v) is 16.4. The van der Waals surface area contributed by atoms with E-state index in [2.05, 4.69) is 4.90 Å². The Morgan fingerprint density at radius 2 is 2.11 bits per heavy atom. The van der Waals surface area contributed by atoms with Crippen LogP contribution in [0.3, 0.4) is 0 Å². The fraction of sp³-hybridized carbons (Fsp3) is 0.409. The standard InChI is InChI=1S/C22H27NO5/c1-16-12-19(28-15-17-4-3-5-18(13-17)26-2)6-7-20(16)21-14-23(10-11-27-21)9-8-22(24)25/h3-7,12-13,21H,8-11,14-15H2,1-2H3,(H,24,25). The normalized spacial score (nSPS) is 17.3. The van der Waals surface area contributed by atoms with Crippen LogP contribution in [0.4, 0.5) is 0 Å². The van der Waals surface area contributed by atoms with Crippen LogP contribution in [0.25, 0.3) is 0 Å². The van der Waals surface area contributed by atoms with Crippen LogP contribution in [0.2, 0.25) is 0 Å². The molecule has 0 amide bonds. The van der Waals surface area contributed by atoms with Gasteiger partial charge in [0.25, 0.3) is 0 Å². The number of morpholine rings is 1. The van der Waals surface area contributed by atoms with Crippen LogP contribution in [0.15, 0.2) is 42.5 Å². The number of methoxy groups -OCH3 is 1. The molecule has 1 saturated heterocycles. The van der Waals surface area contributed by atoms with Crippen molar-refractivity contribution in [1.82, 2.24) is 4.90 Å². The molecule has 6 nitrogen and oxygen atoms in total. The Hall–Kier alpha value is -2.57. The summed E-state index contributed by atoms with van der Waals surface area (Å²) < 4.78 is 17.1. The molecule has 6 heteroatoms. The van der Waals surface area contributed by atoms with Gasteiger partial charge in [0.1, 0.15) is 18.1 Å². The number of hydrogen-bond acceptors (Lipinski definition) is 5. The van der Waals surface area contributed by atoms with E-state index in [9.17, 15) is 4.79 Å². The summed E-state index contributed by atoms with van der Waals surface area (Å²) in [6.07, 6.45) is 0.109. The second kappa shape index (κ2) is 9.57. The Morgan fingerprint density at radius 3 is 2.86 bits per heavy atom. The van der Waals surface area contributed by atoms with Gasteiger partial charge in [0.15, 0.2) is 0 Å². The van der Waals surface area contributed by atoms with Crippen LogP contribution < -0.4 is 9.47 Å². The third kappa shape index (κ3) is 5.47. The van der Waals surface area contributed by atoms with Crippen LogP contribution in [-0.2, 0) is 16.1 Å². The van der Waals surface area contributed by atoms with Crippen molar-refractivity contribution in [2.75, 3.05) is 33.4 Å². The molecule has 2 aromatic carbocycles. The lowest BCUT2D eigenvalue weighted by Crippen LogP contribution is -2.39. The summed E-state index contributed by atoms with van der Waals surface area (Å²) in [7, 11) is 1.65. The molecule has 2 aromatic rings. The van der Waals surface area contributed by atoms with Crippen molar-refractivity contribution >= 4 is 5.97 Å². The summed E-state index contributed by atoms with van der Waals surface area (Å²) in [5.74, 6) is 0.855. The summed E-state index contributed by atoms with van der Waals surface area (Å²) in [5.41, 5.74) is 3.27. The Labute approximate surface area is 165 Å². The molecule has 1 unspecified atom stereocenters. The van der Waals surface area contributed by atoms with E-state index in [1.54, 1.807) is 7.11 Å². The zero-order chi connectivity index (χ0) is 19.9. The smallest absolute Gasteiger partial charge is 0.304 e. The summed E-state index contributed by atoms with van der Waals surface area (Å²) in [4.78, 5) is 13.0. The topological polar surface area (TPSA) is 68.2 Å². The molecule has 28 heavy (non-hydrogen) atoms. The lowest BCUT2D eigenvalue weighted by atomic mass is 10.0. The van der Waals surface area contributed by atoms with Crippen molar-refractivity contribution in [3.05, 3.63) is 59.2 Å². The third-order valence-corrected chi connectivity index (χ3v) is 4.92. The van der Waals surface area contributed by atoms with E-state index in [0.29, 0.717) is 26.3 Å². The van der Waals surface area contributed by atoms with Crippen LogP contribution in [0.5, 0.6) is 11.5 Å². The maximum absolute atomic E-state index is 10.8. The van der Waals surface area contributed by atoms with E-state index in [-0.39, 0.29) is 12.5 Å². The van der Waals surface area contributed by atoms with Gasteiger partial charge in [0.2, 0.25) is 0 Å². The molecule has 1 aliphatic heterocycles. The molecule has 0 bridgehead atoms. The lowest BCUT2D eigenvalue weighted by molar-refractivity contribution is -0.137. The van der Waals surface area contributed by atoms with Gasteiger partial charge in [-0.1, -0.05) is 18.2 Å². The number of ether oxygens (including phenoxy) is 3. The molecular weight excluding hydrogens is 358 g/mol. The maximum atomic E-state index is 10.8. The first-order chi connectivity index (χ1) is 13.5. The third-order valence-electron chi connectivity index (χ3n) is 4.92. The molecule has 0 aliphatic carbocycles. The second-order valence-electron chi connectivity index (χ2n) is 6.96. The minimum absolute atomic E-state index is 0.0463. The molecular formula is C22H27NO5. The Bertz CT molecular complexity index is 807. The number of aryl methyl sites for hydroxylation is 1. The molecule has 1 fully saturated rings. The fourth-order valence-corrected chi connectivity index (χ4v) is 3.38. The van der Waals surface area contributed by atoms with Gasteiger partial charge >= 0.3 is 5.97 Å². The van der Waals surface area contributed by atoms with Gasteiger partial charge in [-0.05, 0) is 47.9 Å². The van der Waals surface area contributed by atoms with Crippen LogP contribution in [-0.4, -0.2) is 49.3 Å². The molecule has 1 heterocycles. The van der Waals surface area contributed by atoms with Gasteiger partial charge in [-0.2, -0.15) is 0 Å². The minimum Gasteiger partial charge on any atom is -0.497 e. The highest BCUT2D eigenvalue weighted by molar-refractivity contribution is 5.66. The Morgan fingerprint density at radius 1 is 1.25 bits per heavy atom. The van der Waals surface area contributed by atoms with Gasteiger partial charge in [-0.25, -0.2) is 0 Å². The Kier molecular flexibility index (Phi) is 6.90. The lowest BCUT2D eigenvalue weighted by Gasteiger charge is -2.33. The fourth-order valence-electron chi connectivity index (χ4n) is 3.38. The molecule has 0 spiro atoms. The van der Waals surface area contributed by atoms with Crippen molar-refractivity contribution in [3.63, 3.8) is 0 Å². The largest absolute Gasteiger partial charge is 0.497 e. The average molecular weight is 385 g/mol. The monoisotopic (exact) mass is 385 g/mol. The van der Waals surface area contributed by atoms with Gasteiger partial charge in [-0.15, -0.1) is 0 Å². The molecule has 1 aliphatic rings. The number of hydrogen-bond donors (Lipinski definition) is 1. The van der Waals surface area contributed by atoms with E-state index < -0.39 is 5.97 Å². The van der Waals surface area contributed by atoms with Gasteiger partial charge in [0.05, 0.1) is 26.2 Å². The van der Waals surface area contributed by atoms with E-state index in [1.165, 1.54) is 0 Å². The molecule has 1 atom stereocenters. The predicted molar refractivity (Wildman–Crippen MR) is 106 cm³/mol. The van der Waals surface area contributed by atoms with Crippen molar-refractivity contribution in [2.24, 2.45) is 0 Å². The van der Waals surface area contributed by atoms with Crippen molar-refractivity contribution < 1.29 is 24.1 Å². The molecule has 3 rings (SSSR count). The molecule has 0 aromatic heterocycles. The summed E-state index contributed by atoms with van der Waals surface area (Å²) in [5, 5.41) is 8.89. The van der Waals surface area contributed by atoms with Gasteiger partial charge < -0.3 is 19.3 Å². The number of carbonyl (C=O) groups is 1. The summed E-state index contributed by atoms with van der Waals surface area (Å²) >= 11 is 0. The van der Waals surface area contributed by atoms with Crippen molar-refractivity contribution in [3.8, 4) is 11.5 Å². The number of carboxylic acid groups (broad SMARTS) is 1. The highest BCUT2D eigenvalue weighted by Crippen LogP contribution is 2.28. The van der Waals surface area contributed by atoms with Crippen LogP contribution in [0, 0.1) is 6.92 Å². The molecule has 0 saturated carbocycles. The summed E-state index contributed by atoms with van der Waals surface area (Å²) in [6, 6.07) is 13.8. The first-order valence-electron chi connectivity index (χ1n) is 9.47.